The van der Waals surface area contributed by atoms with E-state index >= 15 is 0 Å². The fourth-order valence-corrected chi connectivity index (χ4v) is 2.72. The smallest absolute Gasteiger partial charge is 0.00195 e. The normalized spacial score (nSPS) is 11.4. The van der Waals surface area contributed by atoms with Gasteiger partial charge in [-0.3, -0.25) is 0 Å². The Kier molecular flexibility index (Phi) is 4.50. The summed E-state index contributed by atoms with van der Waals surface area (Å²) in [6, 6.07) is 29.8. The topological polar surface area (TPSA) is 0 Å². The van der Waals surface area contributed by atoms with Crippen LogP contribution >= 0.6 is 0 Å². The Morgan fingerprint density at radius 3 is 2.00 bits per heavy atom. The lowest BCUT2D eigenvalue weighted by atomic mass is 9.93. The Bertz CT molecular complexity index is 752. The van der Waals surface area contributed by atoms with Crippen molar-refractivity contribution < 1.29 is 0 Å². The molecular weight excluding hydrogens is 264 g/mol. The quantitative estimate of drug-likeness (QED) is 0.533. The molecule has 0 aliphatic carbocycles. The summed E-state index contributed by atoms with van der Waals surface area (Å²) in [4.78, 5) is 0. The van der Waals surface area contributed by atoms with Crippen molar-refractivity contribution >= 4 is 11.6 Å². The molecule has 0 amide bonds. The van der Waals surface area contributed by atoms with Crippen molar-refractivity contribution in [2.75, 3.05) is 0 Å². The zero-order chi connectivity index (χ0) is 15.2. The lowest BCUT2D eigenvalue weighted by Gasteiger charge is -2.12. The van der Waals surface area contributed by atoms with Gasteiger partial charge in [-0.2, -0.15) is 0 Å². The molecule has 0 aromatic heterocycles. The molecule has 0 saturated carbocycles. The van der Waals surface area contributed by atoms with E-state index in [0.717, 1.165) is 6.42 Å². The molecule has 0 bridgehead atoms. The summed E-state index contributed by atoms with van der Waals surface area (Å²) in [6.45, 7) is 2.18. The molecule has 0 fully saturated rings. The van der Waals surface area contributed by atoms with E-state index in [9.17, 15) is 0 Å². The van der Waals surface area contributed by atoms with E-state index in [2.05, 4.69) is 97.9 Å². The molecule has 0 atom stereocenters. The Balaban J connectivity index is 2.03. The summed E-state index contributed by atoms with van der Waals surface area (Å²) in [7, 11) is 0. The van der Waals surface area contributed by atoms with Crippen molar-refractivity contribution in [1.29, 1.82) is 0 Å². The third-order valence-electron chi connectivity index (χ3n) is 3.87. The van der Waals surface area contributed by atoms with Gasteiger partial charge in [0.2, 0.25) is 0 Å². The molecule has 3 aromatic rings. The highest BCUT2D eigenvalue weighted by Crippen LogP contribution is 2.25. The largest absolute Gasteiger partial charge is 0.0622 e. The van der Waals surface area contributed by atoms with Gasteiger partial charge < -0.3 is 0 Å². The highest BCUT2D eigenvalue weighted by atomic mass is 14.1. The van der Waals surface area contributed by atoms with Crippen LogP contribution in [0.5, 0.6) is 0 Å². The average Bonchev–Trinajstić information content (AvgIpc) is 2.57. The van der Waals surface area contributed by atoms with Crippen LogP contribution in [0.3, 0.4) is 0 Å². The Morgan fingerprint density at radius 2 is 1.32 bits per heavy atom. The van der Waals surface area contributed by atoms with Gasteiger partial charge in [-0.25, -0.2) is 0 Å². The Labute approximate surface area is 132 Å². The highest BCUT2D eigenvalue weighted by molar-refractivity contribution is 5.83. The number of allylic oxidation sites excluding steroid dienone is 1. The number of hydrogen-bond acceptors (Lipinski definition) is 0. The van der Waals surface area contributed by atoms with Crippen molar-refractivity contribution in [3.05, 3.63) is 107 Å². The number of aryl methyl sites for hydroxylation is 1. The third kappa shape index (κ3) is 3.53. The predicted molar refractivity (Wildman–Crippen MR) is 95.6 cm³/mol. The molecule has 0 unspecified atom stereocenters. The summed E-state index contributed by atoms with van der Waals surface area (Å²) < 4.78 is 0. The van der Waals surface area contributed by atoms with Gasteiger partial charge in [0.05, 0.1) is 0 Å². The van der Waals surface area contributed by atoms with Crippen LogP contribution in [0, 0.1) is 6.92 Å². The van der Waals surface area contributed by atoms with Gasteiger partial charge in [0.1, 0.15) is 0 Å². The molecule has 22 heavy (non-hydrogen) atoms. The van der Waals surface area contributed by atoms with Crippen molar-refractivity contribution in [2.45, 2.75) is 13.3 Å². The van der Waals surface area contributed by atoms with Crippen molar-refractivity contribution in [3.63, 3.8) is 0 Å². The van der Waals surface area contributed by atoms with E-state index in [4.69, 9.17) is 0 Å². The number of benzene rings is 3. The molecule has 0 N–H and O–H groups in total. The first-order chi connectivity index (χ1) is 10.8. The van der Waals surface area contributed by atoms with Crippen LogP contribution in [0.4, 0.5) is 0 Å². The monoisotopic (exact) mass is 284 g/mol. The fourth-order valence-electron chi connectivity index (χ4n) is 2.72. The lowest BCUT2D eigenvalue weighted by molar-refractivity contribution is 1.27. The molecule has 3 rings (SSSR count). The molecule has 0 heteroatoms. The number of hydrogen-bond donors (Lipinski definition) is 0. The fraction of sp³-hybridized carbons (Fsp3) is 0.0909. The molecule has 0 spiro atoms. The maximum Gasteiger partial charge on any atom is -0.00195 e. The maximum atomic E-state index is 2.30. The van der Waals surface area contributed by atoms with E-state index in [-0.39, 0.29) is 0 Å². The molecule has 0 radical (unpaired) electrons. The first-order valence-corrected chi connectivity index (χ1v) is 7.68. The molecule has 3 aromatic carbocycles. The molecule has 0 heterocycles. The van der Waals surface area contributed by atoms with Crippen LogP contribution in [0.15, 0.2) is 84.9 Å². The first kappa shape index (κ1) is 14.3. The summed E-state index contributed by atoms with van der Waals surface area (Å²) in [6.07, 6.45) is 3.25. The first-order valence-electron chi connectivity index (χ1n) is 7.68. The van der Waals surface area contributed by atoms with Crippen LogP contribution < -0.4 is 0 Å². The van der Waals surface area contributed by atoms with Gasteiger partial charge in [-0.15, -0.1) is 0 Å². The summed E-state index contributed by atoms with van der Waals surface area (Å²) >= 11 is 0. The molecule has 0 nitrogen and oxygen atoms in total. The van der Waals surface area contributed by atoms with Crippen LogP contribution in [0.2, 0.25) is 0 Å². The van der Waals surface area contributed by atoms with Crippen molar-refractivity contribution in [2.24, 2.45) is 0 Å². The second kappa shape index (κ2) is 6.91. The number of rotatable bonds is 4. The van der Waals surface area contributed by atoms with Gasteiger partial charge in [0.25, 0.3) is 0 Å². The summed E-state index contributed by atoms with van der Waals surface area (Å²) in [5.41, 5.74) is 6.59. The third-order valence-corrected chi connectivity index (χ3v) is 3.87. The van der Waals surface area contributed by atoms with E-state index in [1.54, 1.807) is 0 Å². The van der Waals surface area contributed by atoms with E-state index in [0.29, 0.717) is 0 Å². The maximum absolute atomic E-state index is 2.30. The highest BCUT2D eigenvalue weighted by Gasteiger charge is 2.06. The van der Waals surface area contributed by atoms with E-state index < -0.39 is 0 Å². The van der Waals surface area contributed by atoms with Crippen LogP contribution in [0.25, 0.3) is 11.6 Å². The summed E-state index contributed by atoms with van der Waals surface area (Å²) in [5, 5.41) is 0. The lowest BCUT2D eigenvalue weighted by Crippen LogP contribution is -1.94. The summed E-state index contributed by atoms with van der Waals surface area (Å²) in [5.74, 6) is 0. The zero-order valence-corrected chi connectivity index (χ0v) is 12.9. The van der Waals surface area contributed by atoms with Gasteiger partial charge in [0.15, 0.2) is 0 Å². The van der Waals surface area contributed by atoms with Gasteiger partial charge in [-0.05, 0) is 41.2 Å². The van der Waals surface area contributed by atoms with E-state index in [1.807, 2.05) is 0 Å². The molecule has 0 aliphatic rings. The Hall–Kier alpha value is -2.60. The van der Waals surface area contributed by atoms with Gasteiger partial charge in [0, 0.05) is 0 Å². The van der Waals surface area contributed by atoms with Crippen LogP contribution in [0.1, 0.15) is 22.3 Å². The Morgan fingerprint density at radius 1 is 0.727 bits per heavy atom. The van der Waals surface area contributed by atoms with Crippen molar-refractivity contribution in [1.82, 2.24) is 0 Å². The zero-order valence-electron chi connectivity index (χ0n) is 12.9. The van der Waals surface area contributed by atoms with Crippen LogP contribution in [-0.2, 0) is 6.42 Å². The van der Waals surface area contributed by atoms with Gasteiger partial charge in [-0.1, -0.05) is 91.0 Å². The minimum Gasteiger partial charge on any atom is -0.0622 e. The average molecular weight is 284 g/mol. The predicted octanol–water partition coefficient (Wildman–Crippen LogP) is 5.78. The standard InChI is InChI=1S/C22H20/c1-18-10-8-9-15-22(18)21(16-19-11-4-2-5-12-19)17-20-13-6-3-7-14-20/h2-16H,17H2,1H3/b21-16-. The van der Waals surface area contributed by atoms with Crippen LogP contribution in [-0.4, -0.2) is 0 Å². The minimum absolute atomic E-state index is 0.945. The molecule has 0 saturated heterocycles. The molecular formula is C22H20. The van der Waals surface area contributed by atoms with Crippen molar-refractivity contribution in [3.8, 4) is 0 Å². The minimum atomic E-state index is 0.945. The second-order valence-corrected chi connectivity index (χ2v) is 5.56. The van der Waals surface area contributed by atoms with E-state index in [1.165, 1.54) is 27.8 Å². The molecule has 0 aliphatic heterocycles. The SMILES string of the molecule is Cc1ccccc1/C(=C\c1ccccc1)Cc1ccccc1. The van der Waals surface area contributed by atoms with Gasteiger partial charge >= 0.3 is 0 Å². The molecule has 108 valence electrons. The second-order valence-electron chi connectivity index (χ2n) is 5.56.